The van der Waals surface area contributed by atoms with E-state index in [1.165, 1.54) is 18.3 Å². The maximum absolute atomic E-state index is 14.6. The summed E-state index contributed by atoms with van der Waals surface area (Å²) < 4.78 is 36.0. The van der Waals surface area contributed by atoms with Gasteiger partial charge in [0.2, 0.25) is 5.91 Å². The van der Waals surface area contributed by atoms with E-state index >= 15 is 0 Å². The maximum Gasteiger partial charge on any atom is 0.250 e. The lowest BCUT2D eigenvalue weighted by molar-refractivity contribution is -0.138. The highest BCUT2D eigenvalue weighted by molar-refractivity contribution is 7.79. The third-order valence-corrected chi connectivity index (χ3v) is 7.71. The number of aromatic nitrogens is 1. The molecule has 2 aromatic rings. The molecule has 1 saturated heterocycles. The van der Waals surface area contributed by atoms with Crippen molar-refractivity contribution in [1.82, 2.24) is 15.4 Å². The van der Waals surface area contributed by atoms with Gasteiger partial charge in [0, 0.05) is 37.9 Å². The molecule has 33 heavy (non-hydrogen) atoms. The lowest BCUT2D eigenvalue weighted by Crippen LogP contribution is -2.41. The number of benzene rings is 1. The molecule has 7 nitrogen and oxygen atoms in total. The molecule has 10 heteroatoms. The van der Waals surface area contributed by atoms with E-state index in [0.717, 1.165) is 20.8 Å². The summed E-state index contributed by atoms with van der Waals surface area (Å²) in [4.78, 5) is 18.6. The Bertz CT molecular complexity index is 1170. The molecular formula is C23H26FN3O4S2. The molecule has 0 aliphatic carbocycles. The maximum atomic E-state index is 14.6. The highest BCUT2D eigenvalue weighted by Crippen LogP contribution is 2.29. The molecule has 0 radical (unpaired) electrons. The van der Waals surface area contributed by atoms with E-state index in [0.29, 0.717) is 32.4 Å². The molecule has 3 rings (SSSR count). The van der Waals surface area contributed by atoms with Gasteiger partial charge in [0.25, 0.3) is 0 Å². The summed E-state index contributed by atoms with van der Waals surface area (Å²) in [6.45, 7) is 2.90. The quantitative estimate of drug-likeness (QED) is 0.249. The summed E-state index contributed by atoms with van der Waals surface area (Å²) in [5, 5.41) is 9.74. The van der Waals surface area contributed by atoms with Crippen LogP contribution in [-0.4, -0.2) is 61.3 Å². The van der Waals surface area contributed by atoms with Gasteiger partial charge < -0.3 is 9.45 Å². The van der Waals surface area contributed by atoms with E-state index in [4.69, 9.17) is 5.21 Å². The molecular weight excluding hydrogens is 465 g/mol. The molecule has 0 bridgehead atoms. The number of likely N-dealkylation sites (tertiary alicyclic amines) is 1. The van der Waals surface area contributed by atoms with Crippen LogP contribution in [-0.2, 0) is 22.3 Å². The van der Waals surface area contributed by atoms with E-state index in [-0.39, 0.29) is 12.2 Å². The summed E-state index contributed by atoms with van der Waals surface area (Å²) in [7, 11) is 1.97. The van der Waals surface area contributed by atoms with Gasteiger partial charge in [-0.3, -0.25) is 10.0 Å². The van der Waals surface area contributed by atoms with Gasteiger partial charge in [-0.25, -0.2) is 19.1 Å². The van der Waals surface area contributed by atoms with Crippen molar-refractivity contribution in [2.45, 2.75) is 38.3 Å². The largest absolute Gasteiger partial charge is 0.306 e. The van der Waals surface area contributed by atoms with E-state index in [1.54, 1.807) is 5.48 Å². The number of thiazole rings is 1. The fourth-order valence-corrected chi connectivity index (χ4v) is 5.37. The van der Waals surface area contributed by atoms with Crippen LogP contribution in [0, 0.1) is 29.1 Å². The van der Waals surface area contributed by atoms with Crippen LogP contribution in [0.5, 0.6) is 0 Å². The number of nitrogens with one attached hydrogen (secondary N) is 1. The van der Waals surface area contributed by atoms with Crippen LogP contribution in [0.2, 0.25) is 0 Å². The number of rotatable bonds is 6. The van der Waals surface area contributed by atoms with E-state index < -0.39 is 28.1 Å². The highest BCUT2D eigenvalue weighted by Gasteiger charge is 2.35. The number of nitrogens with zero attached hydrogens (tertiary/aromatic N) is 2. The third-order valence-electron chi connectivity index (χ3n) is 5.75. The predicted octanol–water partition coefficient (Wildman–Crippen LogP) is 2.75. The molecule has 1 aromatic carbocycles. The molecule has 3 N–H and O–H groups in total. The lowest BCUT2D eigenvalue weighted by Gasteiger charge is -2.30. The Kier molecular flexibility index (Phi) is 8.22. The number of hydroxylamine groups is 1. The molecule has 1 unspecified atom stereocenters. The van der Waals surface area contributed by atoms with Crippen molar-refractivity contribution < 1.29 is 23.2 Å². The molecule has 1 aromatic heterocycles. The topological polar surface area (TPSA) is 103 Å². The van der Waals surface area contributed by atoms with Gasteiger partial charge in [-0.15, -0.1) is 11.3 Å². The molecule has 2 atom stereocenters. The molecule has 0 spiro atoms. The van der Waals surface area contributed by atoms with Crippen LogP contribution in [0.4, 0.5) is 4.39 Å². The molecule has 1 aliphatic heterocycles. The van der Waals surface area contributed by atoms with Crippen molar-refractivity contribution in [3.05, 3.63) is 28.8 Å². The van der Waals surface area contributed by atoms with Crippen molar-refractivity contribution in [3.63, 3.8) is 0 Å². The minimum atomic E-state index is -2.18. The molecule has 1 aliphatic rings. The van der Waals surface area contributed by atoms with Gasteiger partial charge in [0.05, 0.1) is 26.4 Å². The van der Waals surface area contributed by atoms with E-state index in [9.17, 15) is 17.9 Å². The van der Waals surface area contributed by atoms with Crippen LogP contribution >= 0.6 is 11.3 Å². The van der Waals surface area contributed by atoms with E-state index in [2.05, 4.69) is 33.6 Å². The Morgan fingerprint density at radius 1 is 1.39 bits per heavy atom. The standard InChI is InChI=1S/C23H26FN3O4S2/c1-22(16-33(30)31,21(28)26-29)10-8-20-25-18-7-6-17(15-19(18)32-20)5-3-4-9-23(24)11-13-27(2)14-12-23/h6-7,15,29H,8,10-14,16H2,1-2H3,(H,26,28)(H,30,31)/t22-/m0/s1. The monoisotopic (exact) mass is 491 g/mol. The van der Waals surface area contributed by atoms with Crippen molar-refractivity contribution in [1.29, 1.82) is 0 Å². The van der Waals surface area contributed by atoms with Gasteiger partial charge in [-0.2, -0.15) is 0 Å². The number of carbonyl (C=O) groups is 1. The Morgan fingerprint density at radius 2 is 2.12 bits per heavy atom. The third kappa shape index (κ3) is 6.83. The number of alkyl halides is 1. The van der Waals surface area contributed by atoms with Crippen LogP contribution in [0.3, 0.4) is 0 Å². The Balaban J connectivity index is 1.69. The smallest absolute Gasteiger partial charge is 0.250 e. The normalized spacial score (nSPS) is 18.3. The second-order valence-corrected chi connectivity index (χ2v) is 10.6. The SMILES string of the molecule is CN1CCC(F)(C#CC#Cc2ccc3nc(CC[C@@](C)(CS(=O)O)C(=O)NO)sc3c2)CC1. The first kappa shape index (κ1) is 25.3. The summed E-state index contributed by atoms with van der Waals surface area (Å²) >= 11 is -0.744. The van der Waals surface area contributed by atoms with Crippen molar-refractivity contribution in [2.24, 2.45) is 5.41 Å². The number of fused-ring (bicyclic) bond motifs is 1. The van der Waals surface area contributed by atoms with Crippen molar-refractivity contribution >= 4 is 38.5 Å². The van der Waals surface area contributed by atoms with Gasteiger partial charge in [0.15, 0.2) is 16.7 Å². The van der Waals surface area contributed by atoms with Gasteiger partial charge in [0.1, 0.15) is 0 Å². The molecule has 1 fully saturated rings. The zero-order valence-corrected chi connectivity index (χ0v) is 20.1. The first-order chi connectivity index (χ1) is 15.6. The lowest BCUT2D eigenvalue weighted by atomic mass is 9.87. The first-order valence-corrected chi connectivity index (χ1v) is 12.5. The fourth-order valence-electron chi connectivity index (χ4n) is 3.54. The van der Waals surface area contributed by atoms with Crippen molar-refractivity contribution in [3.8, 4) is 23.7 Å². The van der Waals surface area contributed by atoms with Crippen molar-refractivity contribution in [2.75, 3.05) is 25.9 Å². The summed E-state index contributed by atoms with van der Waals surface area (Å²) in [5.41, 5.74) is 0.418. The van der Waals surface area contributed by atoms with Crippen LogP contribution in [0.1, 0.15) is 36.8 Å². The highest BCUT2D eigenvalue weighted by atomic mass is 32.2. The number of aryl methyl sites for hydroxylation is 1. The number of carbonyl (C=O) groups excluding carboxylic acids is 1. The molecule has 2 heterocycles. The van der Waals surface area contributed by atoms with Gasteiger partial charge >= 0.3 is 0 Å². The number of hydrogen-bond donors (Lipinski definition) is 3. The van der Waals surface area contributed by atoms with Gasteiger partial charge in [-0.05, 0) is 56.4 Å². The average Bonchev–Trinajstić information content (AvgIpc) is 3.19. The first-order valence-electron chi connectivity index (χ1n) is 10.4. The van der Waals surface area contributed by atoms with Crippen LogP contribution in [0.15, 0.2) is 18.2 Å². The Morgan fingerprint density at radius 3 is 2.79 bits per heavy atom. The second kappa shape index (κ2) is 10.7. The van der Waals surface area contributed by atoms with Crippen LogP contribution in [0.25, 0.3) is 10.2 Å². The Labute approximate surface area is 199 Å². The number of amides is 1. The van der Waals surface area contributed by atoms with Gasteiger partial charge in [-0.1, -0.05) is 5.92 Å². The molecule has 0 saturated carbocycles. The minimum Gasteiger partial charge on any atom is -0.306 e. The number of piperidine rings is 1. The Hall–Kier alpha value is -2.34. The summed E-state index contributed by atoms with van der Waals surface area (Å²) in [5.74, 6) is 10.0. The number of hydrogen-bond acceptors (Lipinski definition) is 6. The fraction of sp³-hybridized carbons (Fsp3) is 0.478. The minimum absolute atomic E-state index is 0.245. The second-order valence-electron chi connectivity index (χ2n) is 8.53. The zero-order chi connectivity index (χ0) is 24.1. The molecule has 1 amide bonds. The molecule has 176 valence electrons. The summed E-state index contributed by atoms with van der Waals surface area (Å²) in [6.07, 6.45) is 1.43. The van der Waals surface area contributed by atoms with E-state index in [1.807, 2.05) is 25.2 Å². The van der Waals surface area contributed by atoms with Crippen LogP contribution < -0.4 is 5.48 Å². The predicted molar refractivity (Wildman–Crippen MR) is 127 cm³/mol. The average molecular weight is 492 g/mol. The zero-order valence-electron chi connectivity index (χ0n) is 18.5. The number of halogens is 1. The summed E-state index contributed by atoms with van der Waals surface area (Å²) in [6, 6.07) is 5.54.